The largest absolute Gasteiger partial charge is 0.497 e. The van der Waals surface area contributed by atoms with Gasteiger partial charge in [-0.3, -0.25) is 9.78 Å². The van der Waals surface area contributed by atoms with Crippen LogP contribution in [-0.4, -0.2) is 34.2 Å². The van der Waals surface area contributed by atoms with Crippen LogP contribution in [0.1, 0.15) is 39.6 Å². The zero-order valence-electron chi connectivity index (χ0n) is 14.7. The fourth-order valence-electron chi connectivity index (χ4n) is 2.58. The van der Waals surface area contributed by atoms with Crippen molar-refractivity contribution >= 4 is 11.9 Å². The Morgan fingerprint density at radius 1 is 1.19 bits per heavy atom. The Morgan fingerprint density at radius 2 is 1.93 bits per heavy atom. The third kappa shape index (κ3) is 3.79. The van der Waals surface area contributed by atoms with E-state index in [1.807, 2.05) is 0 Å². The van der Waals surface area contributed by atoms with E-state index in [1.54, 1.807) is 49.4 Å². The van der Waals surface area contributed by atoms with Gasteiger partial charge in [0.25, 0.3) is 5.91 Å². The number of aromatic carboxylic acids is 1. The van der Waals surface area contributed by atoms with Gasteiger partial charge in [0.05, 0.1) is 13.2 Å². The first-order valence-corrected chi connectivity index (χ1v) is 8.10. The van der Waals surface area contributed by atoms with Gasteiger partial charge in [-0.15, -0.1) is 0 Å². The second-order valence-electron chi connectivity index (χ2n) is 5.71. The van der Waals surface area contributed by atoms with Crippen molar-refractivity contribution in [2.45, 2.75) is 13.0 Å². The van der Waals surface area contributed by atoms with Crippen LogP contribution in [0.4, 0.5) is 0 Å². The van der Waals surface area contributed by atoms with Gasteiger partial charge in [-0.2, -0.15) is 0 Å². The molecule has 0 saturated heterocycles. The summed E-state index contributed by atoms with van der Waals surface area (Å²) in [4.78, 5) is 28.0. The minimum Gasteiger partial charge on any atom is -0.497 e. The molecule has 138 valence electrons. The summed E-state index contributed by atoms with van der Waals surface area (Å²) < 4.78 is 10.4. The van der Waals surface area contributed by atoms with Crippen LogP contribution in [0, 0.1) is 0 Å². The van der Waals surface area contributed by atoms with Gasteiger partial charge >= 0.3 is 5.97 Å². The number of nitrogens with zero attached hydrogens (tertiary/aromatic N) is 2. The molecule has 0 saturated carbocycles. The molecule has 2 aromatic heterocycles. The summed E-state index contributed by atoms with van der Waals surface area (Å²) in [6.45, 7) is 1.62. The monoisotopic (exact) mass is 367 g/mol. The lowest BCUT2D eigenvalue weighted by atomic mass is 10.0. The van der Waals surface area contributed by atoms with Crippen LogP contribution < -0.4 is 10.1 Å². The Labute approximate surface area is 154 Å². The lowest BCUT2D eigenvalue weighted by Crippen LogP contribution is -2.28. The van der Waals surface area contributed by atoms with Crippen LogP contribution >= 0.6 is 0 Å². The van der Waals surface area contributed by atoms with Gasteiger partial charge < -0.3 is 19.7 Å². The summed E-state index contributed by atoms with van der Waals surface area (Å²) >= 11 is 0. The molecule has 27 heavy (non-hydrogen) atoms. The molecule has 0 fully saturated rings. The molecule has 0 spiro atoms. The SMILES string of the molecule is COc1ccc(-c2noc(C(C)NC(=O)c3ccccn3)c2C(=O)O)cc1. The molecule has 8 heteroatoms. The number of carboxylic acid groups (broad SMARTS) is 1. The minimum absolute atomic E-state index is 0.0533. The minimum atomic E-state index is -1.20. The highest BCUT2D eigenvalue weighted by atomic mass is 16.5. The van der Waals surface area contributed by atoms with E-state index in [-0.39, 0.29) is 22.7 Å². The molecule has 1 amide bonds. The quantitative estimate of drug-likeness (QED) is 0.688. The molecule has 2 heterocycles. The molecule has 2 N–H and O–H groups in total. The van der Waals surface area contributed by atoms with Gasteiger partial charge in [0.2, 0.25) is 0 Å². The maximum absolute atomic E-state index is 12.3. The maximum Gasteiger partial charge on any atom is 0.341 e. The van der Waals surface area contributed by atoms with Crippen molar-refractivity contribution < 1.29 is 24.0 Å². The van der Waals surface area contributed by atoms with E-state index in [4.69, 9.17) is 9.26 Å². The van der Waals surface area contributed by atoms with E-state index in [1.165, 1.54) is 13.3 Å². The summed E-state index contributed by atoms with van der Waals surface area (Å²) in [7, 11) is 1.54. The number of carbonyl (C=O) groups excluding carboxylic acids is 1. The van der Waals surface area contributed by atoms with E-state index >= 15 is 0 Å². The number of hydrogen-bond donors (Lipinski definition) is 2. The van der Waals surface area contributed by atoms with Crippen LogP contribution in [0.2, 0.25) is 0 Å². The highest BCUT2D eigenvalue weighted by molar-refractivity contribution is 5.96. The summed E-state index contributed by atoms with van der Waals surface area (Å²) in [5.41, 5.74) is 0.857. The number of nitrogens with one attached hydrogen (secondary N) is 1. The fraction of sp³-hybridized carbons (Fsp3) is 0.158. The van der Waals surface area contributed by atoms with Gasteiger partial charge in [-0.1, -0.05) is 11.2 Å². The maximum atomic E-state index is 12.3. The number of pyridine rings is 1. The van der Waals surface area contributed by atoms with Crippen LogP contribution in [0.25, 0.3) is 11.3 Å². The van der Waals surface area contributed by atoms with Crippen molar-refractivity contribution in [1.29, 1.82) is 0 Å². The molecule has 3 aromatic rings. The second kappa shape index (κ2) is 7.69. The van der Waals surface area contributed by atoms with Crippen molar-refractivity contribution in [2.75, 3.05) is 7.11 Å². The molecule has 3 rings (SSSR count). The Kier molecular flexibility index (Phi) is 5.16. The molecule has 0 bridgehead atoms. The van der Waals surface area contributed by atoms with Crippen LogP contribution in [0.15, 0.2) is 53.2 Å². The molecular weight excluding hydrogens is 350 g/mol. The van der Waals surface area contributed by atoms with E-state index in [2.05, 4.69) is 15.5 Å². The number of methoxy groups -OCH3 is 1. The van der Waals surface area contributed by atoms with Crippen LogP contribution in [0.3, 0.4) is 0 Å². The number of amides is 1. The number of ether oxygens (including phenoxy) is 1. The van der Waals surface area contributed by atoms with Crippen molar-refractivity contribution in [3.63, 3.8) is 0 Å². The van der Waals surface area contributed by atoms with Crippen molar-refractivity contribution in [2.24, 2.45) is 0 Å². The highest BCUT2D eigenvalue weighted by Gasteiger charge is 2.28. The van der Waals surface area contributed by atoms with Gasteiger partial charge in [0.15, 0.2) is 5.76 Å². The highest BCUT2D eigenvalue weighted by Crippen LogP contribution is 2.30. The standard InChI is InChI=1S/C19H17N3O5/c1-11(21-18(23)14-5-3-4-10-20-14)17-15(19(24)25)16(22-27-17)12-6-8-13(26-2)9-7-12/h3-11H,1-2H3,(H,21,23)(H,24,25). The average Bonchev–Trinajstić information content (AvgIpc) is 3.14. The summed E-state index contributed by atoms with van der Waals surface area (Å²) in [6, 6.07) is 11.0. The molecule has 0 aliphatic rings. The van der Waals surface area contributed by atoms with E-state index in [0.717, 1.165) is 0 Å². The number of benzene rings is 1. The number of rotatable bonds is 6. The molecule has 1 unspecified atom stereocenters. The van der Waals surface area contributed by atoms with Crippen molar-refractivity contribution in [1.82, 2.24) is 15.5 Å². The molecule has 8 nitrogen and oxygen atoms in total. The summed E-state index contributed by atoms with van der Waals surface area (Å²) in [5.74, 6) is -0.953. The first-order chi connectivity index (χ1) is 13.0. The van der Waals surface area contributed by atoms with Gasteiger partial charge in [-0.05, 0) is 43.3 Å². The van der Waals surface area contributed by atoms with Crippen LogP contribution in [-0.2, 0) is 0 Å². The predicted molar refractivity (Wildman–Crippen MR) is 95.6 cm³/mol. The number of carboxylic acids is 1. The Bertz CT molecular complexity index is 951. The zero-order valence-corrected chi connectivity index (χ0v) is 14.7. The second-order valence-corrected chi connectivity index (χ2v) is 5.71. The lowest BCUT2D eigenvalue weighted by molar-refractivity contribution is 0.0692. The molecular formula is C19H17N3O5. The number of carbonyl (C=O) groups is 2. The summed E-state index contributed by atoms with van der Waals surface area (Å²) in [5, 5.41) is 16.2. The number of aromatic nitrogens is 2. The van der Waals surface area contributed by atoms with Crippen molar-refractivity contribution in [3.8, 4) is 17.0 Å². The van der Waals surface area contributed by atoms with Gasteiger partial charge in [0, 0.05) is 11.8 Å². The first kappa shape index (κ1) is 18.1. The van der Waals surface area contributed by atoms with Gasteiger partial charge in [-0.25, -0.2) is 4.79 Å². The molecule has 0 aliphatic heterocycles. The normalized spacial score (nSPS) is 11.6. The fourth-order valence-corrected chi connectivity index (χ4v) is 2.58. The average molecular weight is 367 g/mol. The van der Waals surface area contributed by atoms with E-state index in [0.29, 0.717) is 11.3 Å². The zero-order chi connectivity index (χ0) is 19.4. The Hall–Kier alpha value is -3.68. The van der Waals surface area contributed by atoms with Gasteiger partial charge in [0.1, 0.15) is 22.7 Å². The predicted octanol–water partition coefficient (Wildman–Crippen LogP) is 2.93. The van der Waals surface area contributed by atoms with E-state index < -0.39 is 17.9 Å². The lowest BCUT2D eigenvalue weighted by Gasteiger charge is -2.11. The molecule has 1 aromatic carbocycles. The first-order valence-electron chi connectivity index (χ1n) is 8.10. The van der Waals surface area contributed by atoms with E-state index in [9.17, 15) is 14.7 Å². The van der Waals surface area contributed by atoms with Crippen LogP contribution in [0.5, 0.6) is 5.75 Å². The third-order valence-corrected chi connectivity index (χ3v) is 3.93. The molecule has 0 aliphatic carbocycles. The topological polar surface area (TPSA) is 115 Å². The Morgan fingerprint density at radius 3 is 2.52 bits per heavy atom. The number of hydrogen-bond acceptors (Lipinski definition) is 6. The smallest absolute Gasteiger partial charge is 0.341 e. The molecule has 1 atom stereocenters. The molecule has 0 radical (unpaired) electrons. The van der Waals surface area contributed by atoms with Crippen molar-refractivity contribution in [3.05, 3.63) is 65.7 Å². The summed E-state index contributed by atoms with van der Waals surface area (Å²) in [6.07, 6.45) is 1.50. The Balaban J connectivity index is 1.90. The third-order valence-electron chi connectivity index (χ3n) is 3.93.